The number of ether oxygens (including phenoxy) is 3. The fourth-order valence-corrected chi connectivity index (χ4v) is 8.32. The maximum Gasteiger partial charge on any atom is 0.306 e. The maximum atomic E-state index is 12.8. The van der Waals surface area contributed by atoms with Gasteiger partial charge >= 0.3 is 17.9 Å². The zero-order chi connectivity index (χ0) is 47.9. The van der Waals surface area contributed by atoms with E-state index >= 15 is 0 Å². The Kier molecular flexibility index (Phi) is 52.8. The molecule has 0 aliphatic carbocycles. The molecule has 384 valence electrons. The third-order valence-electron chi connectivity index (χ3n) is 12.6. The van der Waals surface area contributed by atoms with Crippen LogP contribution < -0.4 is 0 Å². The molecule has 0 fully saturated rings. The van der Waals surface area contributed by atoms with Crippen LogP contribution in [0.2, 0.25) is 0 Å². The van der Waals surface area contributed by atoms with Gasteiger partial charge in [0.15, 0.2) is 6.10 Å². The highest BCUT2D eigenvalue weighted by atomic mass is 16.6. The minimum atomic E-state index is -0.781. The molecule has 0 aromatic carbocycles. The first kappa shape index (κ1) is 63.4. The SMILES string of the molecule is CC\C=C/C=C\C=C/CCCCCCCC(=O)OCC(COC(=O)CCCCCCCCCCCCCCCCCCCC)OC(=O)CCCCCCCCC/C=C\CCCCCCCC. The summed E-state index contributed by atoms with van der Waals surface area (Å²) >= 11 is 0. The quantitative estimate of drug-likeness (QED) is 0.0199. The zero-order valence-corrected chi connectivity index (χ0v) is 44.0. The molecule has 6 nitrogen and oxygen atoms in total. The second kappa shape index (κ2) is 55.0. The van der Waals surface area contributed by atoms with E-state index in [1.165, 1.54) is 173 Å². The summed E-state index contributed by atoms with van der Waals surface area (Å²) in [5.41, 5.74) is 0. The van der Waals surface area contributed by atoms with E-state index in [2.05, 4.69) is 69.4 Å². The minimum Gasteiger partial charge on any atom is -0.462 e. The number of esters is 3. The van der Waals surface area contributed by atoms with Crippen LogP contribution in [-0.2, 0) is 28.6 Å². The molecule has 0 aliphatic heterocycles. The summed E-state index contributed by atoms with van der Waals surface area (Å²) in [4.78, 5) is 38.1. The first-order chi connectivity index (χ1) is 32.5. The van der Waals surface area contributed by atoms with Crippen LogP contribution in [0.3, 0.4) is 0 Å². The van der Waals surface area contributed by atoms with Gasteiger partial charge in [0.1, 0.15) is 13.2 Å². The summed E-state index contributed by atoms with van der Waals surface area (Å²) in [5, 5.41) is 0. The Balaban J connectivity index is 4.35. The molecule has 1 atom stereocenters. The van der Waals surface area contributed by atoms with Crippen molar-refractivity contribution in [3.05, 3.63) is 48.6 Å². The summed E-state index contributed by atoms with van der Waals surface area (Å²) in [6.45, 7) is 6.52. The molecule has 66 heavy (non-hydrogen) atoms. The van der Waals surface area contributed by atoms with Crippen LogP contribution in [0.4, 0.5) is 0 Å². The largest absolute Gasteiger partial charge is 0.462 e. The predicted octanol–water partition coefficient (Wildman–Crippen LogP) is 19.0. The fraction of sp³-hybridized carbons (Fsp3) is 0.817. The Morgan fingerprint density at radius 3 is 0.955 bits per heavy atom. The lowest BCUT2D eigenvalue weighted by atomic mass is 10.0. The lowest BCUT2D eigenvalue weighted by Crippen LogP contribution is -2.30. The molecular weight excluding hydrogens is 817 g/mol. The molecule has 0 spiro atoms. The van der Waals surface area contributed by atoms with Crippen molar-refractivity contribution in [1.29, 1.82) is 0 Å². The van der Waals surface area contributed by atoms with Gasteiger partial charge in [0.2, 0.25) is 0 Å². The van der Waals surface area contributed by atoms with Crippen molar-refractivity contribution >= 4 is 17.9 Å². The van der Waals surface area contributed by atoms with Gasteiger partial charge in [0, 0.05) is 19.3 Å². The second-order valence-electron chi connectivity index (χ2n) is 19.2. The van der Waals surface area contributed by atoms with Crippen LogP contribution in [0.1, 0.15) is 297 Å². The van der Waals surface area contributed by atoms with Crippen LogP contribution >= 0.6 is 0 Å². The van der Waals surface area contributed by atoms with E-state index in [9.17, 15) is 14.4 Å². The van der Waals surface area contributed by atoms with Gasteiger partial charge in [0.25, 0.3) is 0 Å². The highest BCUT2D eigenvalue weighted by Gasteiger charge is 2.19. The molecule has 0 bridgehead atoms. The number of rotatable bonds is 52. The molecule has 0 saturated heterocycles. The van der Waals surface area contributed by atoms with Crippen molar-refractivity contribution in [3.63, 3.8) is 0 Å². The summed E-state index contributed by atoms with van der Waals surface area (Å²) in [7, 11) is 0. The average molecular weight is 926 g/mol. The molecule has 0 radical (unpaired) electrons. The lowest BCUT2D eigenvalue weighted by Gasteiger charge is -2.18. The van der Waals surface area contributed by atoms with Crippen LogP contribution in [0.25, 0.3) is 0 Å². The smallest absolute Gasteiger partial charge is 0.306 e. The minimum absolute atomic E-state index is 0.0786. The number of carbonyl (C=O) groups excluding carboxylic acids is 3. The molecule has 6 heteroatoms. The molecule has 1 unspecified atom stereocenters. The number of hydrogen-bond acceptors (Lipinski definition) is 6. The van der Waals surface area contributed by atoms with Gasteiger partial charge < -0.3 is 14.2 Å². The van der Waals surface area contributed by atoms with E-state index in [1.54, 1.807) is 0 Å². The monoisotopic (exact) mass is 925 g/mol. The highest BCUT2D eigenvalue weighted by Crippen LogP contribution is 2.16. The van der Waals surface area contributed by atoms with Crippen LogP contribution in [0.5, 0.6) is 0 Å². The average Bonchev–Trinajstić information content (AvgIpc) is 3.31. The van der Waals surface area contributed by atoms with E-state index in [0.29, 0.717) is 19.3 Å². The molecular formula is C60H108O6. The maximum absolute atomic E-state index is 12.8. The van der Waals surface area contributed by atoms with Crippen LogP contribution in [0, 0.1) is 0 Å². The van der Waals surface area contributed by atoms with Crippen molar-refractivity contribution < 1.29 is 28.6 Å². The Morgan fingerprint density at radius 1 is 0.318 bits per heavy atom. The van der Waals surface area contributed by atoms with Gasteiger partial charge in [-0.25, -0.2) is 0 Å². The van der Waals surface area contributed by atoms with Gasteiger partial charge in [-0.1, -0.05) is 262 Å². The summed E-state index contributed by atoms with van der Waals surface area (Å²) in [6.07, 6.45) is 66.7. The van der Waals surface area contributed by atoms with Crippen molar-refractivity contribution in [1.82, 2.24) is 0 Å². The molecule has 0 aromatic rings. The molecule has 0 saturated carbocycles. The van der Waals surface area contributed by atoms with Gasteiger partial charge in [0.05, 0.1) is 0 Å². The van der Waals surface area contributed by atoms with Gasteiger partial charge in [-0.3, -0.25) is 14.4 Å². The summed E-state index contributed by atoms with van der Waals surface area (Å²) in [6, 6.07) is 0. The molecule has 0 N–H and O–H groups in total. The van der Waals surface area contributed by atoms with Crippen molar-refractivity contribution in [2.45, 2.75) is 303 Å². The Labute approximate surface area is 409 Å². The first-order valence-corrected chi connectivity index (χ1v) is 28.7. The van der Waals surface area contributed by atoms with Gasteiger partial charge in [-0.2, -0.15) is 0 Å². The molecule has 0 heterocycles. The number of unbranched alkanes of at least 4 members (excludes halogenated alkanes) is 35. The van der Waals surface area contributed by atoms with E-state index in [1.807, 2.05) is 0 Å². The normalized spacial score (nSPS) is 12.3. The van der Waals surface area contributed by atoms with Gasteiger partial charge in [-0.05, 0) is 64.2 Å². The lowest BCUT2D eigenvalue weighted by molar-refractivity contribution is -0.167. The molecule has 0 aromatic heterocycles. The standard InChI is InChI=1S/C60H108O6/c1-4-7-10-13-16-19-22-25-27-29-31-32-35-38-41-44-47-50-53-59(62)65-56-57(55-64-58(61)52-49-46-43-40-37-34-24-21-18-15-12-9-6-3)66-60(63)54-51-48-45-42-39-36-33-30-28-26-23-20-17-14-11-8-5-2/h9,12,15,18,21,24,26,28,57H,4-8,10-11,13-14,16-17,19-20,22-23,25,27,29-56H2,1-3H3/b12-9-,18-15-,24-21-,28-26-. The Bertz CT molecular complexity index is 1150. The van der Waals surface area contributed by atoms with Crippen molar-refractivity contribution in [2.24, 2.45) is 0 Å². The Hall–Kier alpha value is -2.63. The Morgan fingerprint density at radius 2 is 0.606 bits per heavy atom. The van der Waals surface area contributed by atoms with Crippen LogP contribution in [0.15, 0.2) is 48.6 Å². The molecule has 0 amide bonds. The second-order valence-corrected chi connectivity index (χ2v) is 19.2. The fourth-order valence-electron chi connectivity index (χ4n) is 8.32. The third kappa shape index (κ3) is 52.3. The summed E-state index contributed by atoms with van der Waals surface area (Å²) < 4.78 is 16.9. The van der Waals surface area contributed by atoms with Crippen LogP contribution in [-0.4, -0.2) is 37.2 Å². The van der Waals surface area contributed by atoms with Crippen molar-refractivity contribution in [3.8, 4) is 0 Å². The number of hydrogen-bond donors (Lipinski definition) is 0. The molecule has 0 aliphatic rings. The zero-order valence-electron chi connectivity index (χ0n) is 44.0. The number of carbonyl (C=O) groups is 3. The topological polar surface area (TPSA) is 78.9 Å². The van der Waals surface area contributed by atoms with E-state index in [0.717, 1.165) is 83.5 Å². The first-order valence-electron chi connectivity index (χ1n) is 28.7. The predicted molar refractivity (Wildman–Crippen MR) is 284 cm³/mol. The van der Waals surface area contributed by atoms with Gasteiger partial charge in [-0.15, -0.1) is 0 Å². The third-order valence-corrected chi connectivity index (χ3v) is 12.6. The summed E-state index contributed by atoms with van der Waals surface area (Å²) in [5.74, 6) is -0.890. The molecule has 0 rings (SSSR count). The van der Waals surface area contributed by atoms with Crippen molar-refractivity contribution in [2.75, 3.05) is 13.2 Å². The van der Waals surface area contributed by atoms with E-state index < -0.39 is 6.10 Å². The van der Waals surface area contributed by atoms with E-state index in [-0.39, 0.29) is 31.1 Å². The number of allylic oxidation sites excluding steroid dienone is 8. The van der Waals surface area contributed by atoms with E-state index in [4.69, 9.17) is 14.2 Å². The highest BCUT2D eigenvalue weighted by molar-refractivity contribution is 5.71.